The number of benzene rings is 2. The van der Waals surface area contributed by atoms with Crippen LogP contribution in [0.2, 0.25) is 5.02 Å². The number of nitrogens with zero attached hydrogens (tertiary/aromatic N) is 1. The van der Waals surface area contributed by atoms with E-state index >= 15 is 0 Å². The van der Waals surface area contributed by atoms with Crippen LogP contribution >= 0.6 is 11.6 Å². The van der Waals surface area contributed by atoms with Gasteiger partial charge in [-0.1, -0.05) is 49.7 Å². The van der Waals surface area contributed by atoms with E-state index < -0.39 is 6.04 Å². The minimum atomic E-state index is -0.541. The van der Waals surface area contributed by atoms with Crippen LogP contribution in [0, 0.1) is 0 Å². The van der Waals surface area contributed by atoms with Gasteiger partial charge in [0.25, 0.3) is 0 Å². The van der Waals surface area contributed by atoms with Gasteiger partial charge in [0.15, 0.2) is 0 Å². The lowest BCUT2D eigenvalue weighted by Crippen LogP contribution is -2.51. The van der Waals surface area contributed by atoms with E-state index in [1.54, 1.807) is 24.1 Å². The average Bonchev–Trinajstić information content (AvgIpc) is 2.75. The molecule has 0 aliphatic heterocycles. The van der Waals surface area contributed by atoms with Crippen LogP contribution in [0.1, 0.15) is 44.7 Å². The summed E-state index contributed by atoms with van der Waals surface area (Å²) in [7, 11) is 1.61. The quantitative estimate of drug-likeness (QED) is 0.598. The topological polar surface area (TPSA) is 58.6 Å². The number of hydrogen-bond acceptors (Lipinski definition) is 3. The molecule has 0 saturated carbocycles. The highest BCUT2D eigenvalue weighted by atomic mass is 35.5. The van der Waals surface area contributed by atoms with Crippen molar-refractivity contribution in [3.05, 3.63) is 64.7 Å². The molecule has 2 aromatic rings. The fourth-order valence-corrected chi connectivity index (χ4v) is 3.29. The molecule has 0 aliphatic rings. The number of carbonyl (C=O) groups excluding carboxylic acids is 2. The summed E-state index contributed by atoms with van der Waals surface area (Å²) < 4.78 is 5.19. The Morgan fingerprint density at radius 2 is 1.60 bits per heavy atom. The maximum absolute atomic E-state index is 13.3. The van der Waals surface area contributed by atoms with Crippen LogP contribution in [-0.4, -0.2) is 35.9 Å². The first-order chi connectivity index (χ1) is 14.4. The fourth-order valence-electron chi connectivity index (χ4n) is 3.17. The van der Waals surface area contributed by atoms with Crippen molar-refractivity contribution < 1.29 is 14.3 Å². The normalized spacial score (nSPS) is 12.7. The van der Waals surface area contributed by atoms with Crippen molar-refractivity contribution in [1.82, 2.24) is 10.2 Å². The first kappa shape index (κ1) is 23.7. The molecule has 0 aliphatic carbocycles. The predicted molar refractivity (Wildman–Crippen MR) is 121 cm³/mol. The highest BCUT2D eigenvalue weighted by Crippen LogP contribution is 2.18. The standard InChI is InChI=1S/C24H31ClN2O3/c1-5-17(3)26-24(29)22(6-2)27(16-19-7-11-20(25)12-8-19)23(28)15-18-9-13-21(30-4)14-10-18/h7-14,17,22H,5-6,15-16H2,1-4H3,(H,26,29)/t17-,22+/m1/s1. The number of methoxy groups -OCH3 is 1. The van der Waals surface area contributed by atoms with Gasteiger partial charge in [0.2, 0.25) is 11.8 Å². The first-order valence-corrected chi connectivity index (χ1v) is 10.7. The number of carbonyl (C=O) groups is 2. The lowest BCUT2D eigenvalue weighted by Gasteiger charge is -2.31. The van der Waals surface area contributed by atoms with Crippen LogP contribution in [0.15, 0.2) is 48.5 Å². The molecule has 2 aromatic carbocycles. The number of hydrogen-bond donors (Lipinski definition) is 1. The Morgan fingerprint density at radius 1 is 1.00 bits per heavy atom. The third-order valence-corrected chi connectivity index (χ3v) is 5.42. The van der Waals surface area contributed by atoms with Crippen LogP contribution in [-0.2, 0) is 22.6 Å². The van der Waals surface area contributed by atoms with Crippen molar-refractivity contribution in [3.63, 3.8) is 0 Å². The molecule has 0 radical (unpaired) electrons. The van der Waals surface area contributed by atoms with Crippen molar-refractivity contribution in [2.45, 2.75) is 58.7 Å². The third-order valence-electron chi connectivity index (χ3n) is 5.17. The third kappa shape index (κ3) is 6.77. The summed E-state index contributed by atoms with van der Waals surface area (Å²) in [5.41, 5.74) is 1.80. The summed E-state index contributed by atoms with van der Waals surface area (Å²) in [4.78, 5) is 27.9. The Kier molecular flexibility index (Phi) is 9.18. The molecule has 0 saturated heterocycles. The Bertz CT molecular complexity index is 821. The Hall–Kier alpha value is -2.53. The second kappa shape index (κ2) is 11.6. The summed E-state index contributed by atoms with van der Waals surface area (Å²) in [5, 5.41) is 3.65. The van der Waals surface area contributed by atoms with Gasteiger partial charge in [-0.15, -0.1) is 0 Å². The van der Waals surface area contributed by atoms with E-state index in [0.717, 1.165) is 23.3 Å². The van der Waals surface area contributed by atoms with Crippen molar-refractivity contribution in [3.8, 4) is 5.75 Å². The molecule has 0 fully saturated rings. The molecule has 0 bridgehead atoms. The molecule has 2 amide bonds. The van der Waals surface area contributed by atoms with E-state index in [4.69, 9.17) is 16.3 Å². The number of ether oxygens (including phenoxy) is 1. The minimum absolute atomic E-state index is 0.0561. The zero-order valence-electron chi connectivity index (χ0n) is 18.2. The maximum Gasteiger partial charge on any atom is 0.243 e. The zero-order chi connectivity index (χ0) is 22.1. The highest BCUT2D eigenvalue weighted by Gasteiger charge is 2.29. The molecule has 0 unspecified atom stereocenters. The maximum atomic E-state index is 13.3. The number of nitrogens with one attached hydrogen (secondary N) is 1. The lowest BCUT2D eigenvalue weighted by atomic mass is 10.1. The Morgan fingerprint density at radius 3 is 2.13 bits per heavy atom. The van der Waals surface area contributed by atoms with Crippen LogP contribution in [0.25, 0.3) is 0 Å². The van der Waals surface area contributed by atoms with Crippen LogP contribution in [0.3, 0.4) is 0 Å². The molecular formula is C24H31ClN2O3. The largest absolute Gasteiger partial charge is 0.497 e. The van der Waals surface area contributed by atoms with Gasteiger partial charge in [0, 0.05) is 17.6 Å². The molecule has 6 heteroatoms. The van der Waals surface area contributed by atoms with Crippen molar-refractivity contribution >= 4 is 23.4 Å². The van der Waals surface area contributed by atoms with Gasteiger partial charge in [-0.3, -0.25) is 9.59 Å². The number of halogens is 1. The van der Waals surface area contributed by atoms with Gasteiger partial charge in [0.1, 0.15) is 11.8 Å². The minimum Gasteiger partial charge on any atom is -0.497 e. The van der Waals surface area contributed by atoms with Crippen LogP contribution < -0.4 is 10.1 Å². The molecule has 0 aromatic heterocycles. The summed E-state index contributed by atoms with van der Waals surface area (Å²) in [5.74, 6) is 0.522. The van der Waals surface area contributed by atoms with Gasteiger partial charge in [-0.2, -0.15) is 0 Å². The van der Waals surface area contributed by atoms with Gasteiger partial charge in [-0.25, -0.2) is 0 Å². The fraction of sp³-hybridized carbons (Fsp3) is 0.417. The molecule has 2 atom stereocenters. The lowest BCUT2D eigenvalue weighted by molar-refractivity contribution is -0.141. The highest BCUT2D eigenvalue weighted by molar-refractivity contribution is 6.30. The van der Waals surface area contributed by atoms with E-state index in [0.29, 0.717) is 18.0 Å². The van der Waals surface area contributed by atoms with E-state index in [-0.39, 0.29) is 24.3 Å². The molecule has 30 heavy (non-hydrogen) atoms. The van der Waals surface area contributed by atoms with Crippen molar-refractivity contribution in [1.29, 1.82) is 0 Å². The smallest absolute Gasteiger partial charge is 0.243 e. The van der Waals surface area contributed by atoms with Crippen LogP contribution in [0.4, 0.5) is 0 Å². The van der Waals surface area contributed by atoms with E-state index in [1.807, 2.05) is 57.2 Å². The molecule has 2 rings (SSSR count). The van der Waals surface area contributed by atoms with E-state index in [2.05, 4.69) is 5.32 Å². The first-order valence-electron chi connectivity index (χ1n) is 10.3. The summed E-state index contributed by atoms with van der Waals surface area (Å²) in [6.45, 7) is 6.26. The molecular weight excluding hydrogens is 400 g/mol. The van der Waals surface area contributed by atoms with Crippen LogP contribution in [0.5, 0.6) is 5.75 Å². The Balaban J connectivity index is 2.26. The summed E-state index contributed by atoms with van der Waals surface area (Å²) in [6.07, 6.45) is 1.58. The van der Waals surface area contributed by atoms with Gasteiger partial charge < -0.3 is 15.0 Å². The second-order valence-corrected chi connectivity index (χ2v) is 7.85. The summed E-state index contributed by atoms with van der Waals surface area (Å²) in [6, 6.07) is 14.3. The van der Waals surface area contributed by atoms with Gasteiger partial charge in [-0.05, 0) is 55.2 Å². The van der Waals surface area contributed by atoms with Gasteiger partial charge in [0.05, 0.1) is 13.5 Å². The predicted octanol–water partition coefficient (Wildman–Crippen LogP) is 4.61. The zero-order valence-corrected chi connectivity index (χ0v) is 18.9. The Labute approximate surface area is 184 Å². The SMILES string of the molecule is CC[C@@H](C)NC(=O)[C@H](CC)N(Cc1ccc(Cl)cc1)C(=O)Cc1ccc(OC)cc1. The second-order valence-electron chi connectivity index (χ2n) is 7.41. The van der Waals surface area contributed by atoms with Gasteiger partial charge >= 0.3 is 0 Å². The summed E-state index contributed by atoms with van der Waals surface area (Å²) >= 11 is 6.00. The number of amides is 2. The monoisotopic (exact) mass is 430 g/mol. The molecule has 162 valence electrons. The molecule has 0 spiro atoms. The van der Waals surface area contributed by atoms with E-state index in [1.165, 1.54) is 0 Å². The number of rotatable bonds is 10. The average molecular weight is 431 g/mol. The molecule has 0 heterocycles. The molecule has 5 nitrogen and oxygen atoms in total. The van der Waals surface area contributed by atoms with E-state index in [9.17, 15) is 9.59 Å². The molecule has 1 N–H and O–H groups in total. The van der Waals surface area contributed by atoms with Crippen molar-refractivity contribution in [2.75, 3.05) is 7.11 Å². The van der Waals surface area contributed by atoms with Crippen molar-refractivity contribution in [2.24, 2.45) is 0 Å².